The van der Waals surface area contributed by atoms with Crippen LogP contribution in [-0.2, 0) is 20.7 Å². The van der Waals surface area contributed by atoms with E-state index in [2.05, 4.69) is 5.32 Å². The Balaban J connectivity index is 1.87. The van der Waals surface area contributed by atoms with Gasteiger partial charge in [-0.2, -0.15) is 0 Å². The van der Waals surface area contributed by atoms with E-state index in [1.165, 1.54) is 18.4 Å². The van der Waals surface area contributed by atoms with Gasteiger partial charge in [0.25, 0.3) is 0 Å². The van der Waals surface area contributed by atoms with Crippen LogP contribution in [0.4, 0.5) is 5.00 Å². The number of thiophene rings is 1. The largest absolute Gasteiger partial charge is 0.481 e. The van der Waals surface area contributed by atoms with E-state index in [9.17, 15) is 19.5 Å². The van der Waals surface area contributed by atoms with Gasteiger partial charge in [-0.15, -0.1) is 11.3 Å². The van der Waals surface area contributed by atoms with Gasteiger partial charge in [0.05, 0.1) is 24.5 Å². The SMILES string of the molecule is CCc1cc(C(=O)OC)c(NC(=O)C2C3C=CC(CC3)C2C(=O)O)s1. The fourth-order valence-electron chi connectivity index (χ4n) is 3.85. The maximum Gasteiger partial charge on any atom is 0.340 e. The van der Waals surface area contributed by atoms with Crippen LogP contribution in [0, 0.1) is 23.7 Å². The fraction of sp³-hybridized carbons (Fsp3) is 0.500. The molecule has 1 amide bonds. The van der Waals surface area contributed by atoms with Crippen molar-refractivity contribution in [3.8, 4) is 0 Å². The predicted molar refractivity (Wildman–Crippen MR) is 93.6 cm³/mol. The molecule has 6 nitrogen and oxygen atoms in total. The molecule has 2 N–H and O–H groups in total. The average Bonchev–Trinajstić information content (AvgIpc) is 3.03. The maximum absolute atomic E-state index is 12.9. The van der Waals surface area contributed by atoms with Gasteiger partial charge in [0, 0.05) is 4.88 Å². The van der Waals surface area contributed by atoms with E-state index in [1.807, 2.05) is 19.1 Å². The number of methoxy groups -OCH3 is 1. The molecule has 4 unspecified atom stereocenters. The van der Waals surface area contributed by atoms with Crippen LogP contribution in [0.5, 0.6) is 0 Å². The number of carbonyl (C=O) groups is 3. The second-order valence-corrected chi connectivity index (χ2v) is 7.61. The summed E-state index contributed by atoms with van der Waals surface area (Å²) < 4.78 is 4.78. The number of carboxylic acids is 1. The quantitative estimate of drug-likeness (QED) is 0.620. The molecule has 25 heavy (non-hydrogen) atoms. The van der Waals surface area contributed by atoms with Crippen LogP contribution >= 0.6 is 11.3 Å². The molecule has 4 rings (SSSR count). The number of amides is 1. The Bertz CT molecular complexity index is 738. The number of hydrogen-bond acceptors (Lipinski definition) is 5. The molecule has 134 valence electrons. The van der Waals surface area contributed by atoms with E-state index >= 15 is 0 Å². The van der Waals surface area contributed by atoms with Crippen molar-refractivity contribution in [2.45, 2.75) is 26.2 Å². The van der Waals surface area contributed by atoms with E-state index in [-0.39, 0.29) is 17.7 Å². The topological polar surface area (TPSA) is 92.7 Å². The lowest BCUT2D eigenvalue weighted by Gasteiger charge is -2.41. The normalized spacial score (nSPS) is 27.1. The summed E-state index contributed by atoms with van der Waals surface area (Å²) in [5.41, 5.74) is 0.320. The first-order valence-electron chi connectivity index (χ1n) is 8.39. The minimum Gasteiger partial charge on any atom is -0.481 e. The Morgan fingerprint density at radius 3 is 2.40 bits per heavy atom. The summed E-state index contributed by atoms with van der Waals surface area (Å²) in [5, 5.41) is 12.8. The molecule has 4 atom stereocenters. The number of fused-ring (bicyclic) bond motifs is 2. The zero-order valence-corrected chi connectivity index (χ0v) is 15.0. The summed E-state index contributed by atoms with van der Waals surface area (Å²) in [4.78, 5) is 37.5. The van der Waals surface area contributed by atoms with Gasteiger partial charge in [0.2, 0.25) is 5.91 Å². The maximum atomic E-state index is 12.9. The monoisotopic (exact) mass is 363 g/mol. The van der Waals surface area contributed by atoms with Crippen LogP contribution in [0.2, 0.25) is 0 Å². The molecule has 3 aliphatic rings. The predicted octanol–water partition coefficient (Wildman–Crippen LogP) is 2.95. The van der Waals surface area contributed by atoms with Crippen molar-refractivity contribution in [3.05, 3.63) is 28.7 Å². The summed E-state index contributed by atoms with van der Waals surface area (Å²) in [6.07, 6.45) is 6.24. The molecule has 1 aromatic heterocycles. The van der Waals surface area contributed by atoms with Gasteiger partial charge in [0.15, 0.2) is 0 Å². The van der Waals surface area contributed by atoms with Crippen molar-refractivity contribution < 1.29 is 24.2 Å². The van der Waals surface area contributed by atoms with Crippen LogP contribution in [0.3, 0.4) is 0 Å². The third-order valence-electron chi connectivity index (χ3n) is 5.11. The number of carboxylic acid groups (broad SMARTS) is 1. The molecule has 0 radical (unpaired) electrons. The molecule has 1 aromatic rings. The summed E-state index contributed by atoms with van der Waals surface area (Å²) in [6, 6.07) is 1.72. The molecule has 0 spiro atoms. The second-order valence-electron chi connectivity index (χ2n) is 6.47. The number of nitrogens with one attached hydrogen (secondary N) is 1. The Kier molecular flexibility index (Phi) is 4.94. The number of esters is 1. The van der Waals surface area contributed by atoms with E-state index in [0.717, 1.165) is 24.1 Å². The summed E-state index contributed by atoms with van der Waals surface area (Å²) in [6.45, 7) is 1.96. The molecule has 2 bridgehead atoms. The number of hydrogen-bond donors (Lipinski definition) is 2. The zero-order valence-electron chi connectivity index (χ0n) is 14.2. The zero-order chi connectivity index (χ0) is 18.1. The smallest absolute Gasteiger partial charge is 0.340 e. The van der Waals surface area contributed by atoms with Crippen LogP contribution in [0.1, 0.15) is 35.0 Å². The second kappa shape index (κ2) is 7.00. The number of ether oxygens (including phenoxy) is 1. The lowest BCUT2D eigenvalue weighted by Crippen LogP contribution is -2.47. The molecule has 0 saturated heterocycles. The van der Waals surface area contributed by atoms with Crippen molar-refractivity contribution >= 4 is 34.2 Å². The number of allylic oxidation sites excluding steroid dienone is 2. The standard InChI is InChI=1S/C18H21NO5S/c1-3-11-8-12(18(23)24-2)16(25-11)19-15(20)13-9-4-6-10(7-5-9)14(13)17(21)22/h4,6,8-10,13-14H,3,5,7H2,1-2H3,(H,19,20)(H,21,22). The van der Waals surface area contributed by atoms with Crippen LogP contribution < -0.4 is 5.32 Å². The van der Waals surface area contributed by atoms with E-state index in [1.54, 1.807) is 6.07 Å². The van der Waals surface area contributed by atoms with Crippen LogP contribution in [0.25, 0.3) is 0 Å². The van der Waals surface area contributed by atoms with E-state index in [4.69, 9.17) is 4.74 Å². The molecule has 0 aromatic carbocycles. The van der Waals surface area contributed by atoms with Gasteiger partial charge >= 0.3 is 11.9 Å². The highest BCUT2D eigenvalue weighted by molar-refractivity contribution is 7.16. The molecule has 1 fully saturated rings. The van der Waals surface area contributed by atoms with Gasteiger partial charge < -0.3 is 15.2 Å². The summed E-state index contributed by atoms with van der Waals surface area (Å²) >= 11 is 1.33. The van der Waals surface area contributed by atoms with Crippen molar-refractivity contribution in [1.82, 2.24) is 0 Å². The highest BCUT2D eigenvalue weighted by Gasteiger charge is 2.48. The van der Waals surface area contributed by atoms with Crippen molar-refractivity contribution in [2.24, 2.45) is 23.7 Å². The fourth-order valence-corrected chi connectivity index (χ4v) is 4.84. The molecule has 1 saturated carbocycles. The number of anilines is 1. The molecule has 1 heterocycles. The van der Waals surface area contributed by atoms with Gasteiger partial charge in [-0.3, -0.25) is 9.59 Å². The first kappa shape index (κ1) is 17.7. The van der Waals surface area contributed by atoms with E-state index < -0.39 is 23.8 Å². The van der Waals surface area contributed by atoms with Crippen molar-refractivity contribution in [2.75, 3.05) is 12.4 Å². The number of rotatable bonds is 5. The van der Waals surface area contributed by atoms with Crippen LogP contribution in [0.15, 0.2) is 18.2 Å². The third kappa shape index (κ3) is 3.20. The molecule has 3 aliphatic carbocycles. The minimum atomic E-state index is -0.937. The Labute approximate surface area is 149 Å². The van der Waals surface area contributed by atoms with Gasteiger partial charge in [-0.05, 0) is 37.2 Å². The van der Waals surface area contributed by atoms with Crippen molar-refractivity contribution in [3.63, 3.8) is 0 Å². The van der Waals surface area contributed by atoms with Crippen LogP contribution in [-0.4, -0.2) is 30.1 Å². The number of aliphatic carboxylic acids is 1. The average molecular weight is 363 g/mol. The Morgan fingerprint density at radius 2 is 1.88 bits per heavy atom. The molecule has 0 aliphatic heterocycles. The van der Waals surface area contributed by atoms with Gasteiger partial charge in [-0.25, -0.2) is 4.79 Å². The lowest BCUT2D eigenvalue weighted by molar-refractivity contribution is -0.151. The van der Waals surface area contributed by atoms with Gasteiger partial charge in [-0.1, -0.05) is 19.1 Å². The van der Waals surface area contributed by atoms with Gasteiger partial charge in [0.1, 0.15) is 5.00 Å². The Hall–Kier alpha value is -2.15. The molecule has 7 heteroatoms. The van der Waals surface area contributed by atoms with E-state index in [0.29, 0.717) is 10.6 Å². The summed E-state index contributed by atoms with van der Waals surface area (Å²) in [5.74, 6) is -3.28. The highest BCUT2D eigenvalue weighted by atomic mass is 32.1. The third-order valence-corrected chi connectivity index (χ3v) is 6.30. The first-order chi connectivity index (χ1) is 12.0. The number of carbonyl (C=O) groups excluding carboxylic acids is 2. The first-order valence-corrected chi connectivity index (χ1v) is 9.20. The minimum absolute atomic E-state index is 0.0710. The lowest BCUT2D eigenvalue weighted by atomic mass is 9.62. The summed E-state index contributed by atoms with van der Waals surface area (Å²) in [7, 11) is 1.29. The molecular formula is C18H21NO5S. The number of aryl methyl sites for hydroxylation is 1. The highest BCUT2D eigenvalue weighted by Crippen LogP contribution is 2.45. The van der Waals surface area contributed by atoms with Crippen molar-refractivity contribution in [1.29, 1.82) is 0 Å². The molecular weight excluding hydrogens is 342 g/mol. The Morgan fingerprint density at radius 1 is 1.24 bits per heavy atom.